The standard InChI is InChI=1S/C30H44O6/c1-20(2)9-7-15-29(5,34)24-13-11-22(17-26(24)31)19-36-28(33)23-12-14-25(27(32)18-23)30(6,35)16-8-10-21(3)4/h11-14,17-18,20-21,31-32,34-35H,7-10,15-16,19H2,1-6H3/t29-,30-/m0/s1. The minimum absolute atomic E-state index is 0.0419. The number of ether oxygens (including phenoxy) is 1. The second kappa shape index (κ2) is 12.6. The van der Waals surface area contributed by atoms with Crippen molar-refractivity contribution < 1.29 is 30.0 Å². The summed E-state index contributed by atoms with van der Waals surface area (Å²) in [7, 11) is 0. The molecule has 4 N–H and O–H groups in total. The molecule has 36 heavy (non-hydrogen) atoms. The van der Waals surface area contributed by atoms with E-state index < -0.39 is 17.2 Å². The third kappa shape index (κ3) is 8.52. The van der Waals surface area contributed by atoms with Gasteiger partial charge in [0.05, 0.1) is 16.8 Å². The van der Waals surface area contributed by atoms with Crippen molar-refractivity contribution in [1.29, 1.82) is 0 Å². The zero-order valence-corrected chi connectivity index (χ0v) is 22.7. The van der Waals surface area contributed by atoms with E-state index in [4.69, 9.17) is 4.74 Å². The van der Waals surface area contributed by atoms with Crippen LogP contribution >= 0.6 is 0 Å². The van der Waals surface area contributed by atoms with Crippen LogP contribution in [0.4, 0.5) is 0 Å². The number of benzene rings is 2. The minimum Gasteiger partial charge on any atom is -0.508 e. The number of carbonyl (C=O) groups excluding carboxylic acids is 1. The van der Waals surface area contributed by atoms with E-state index in [1.165, 1.54) is 18.2 Å². The lowest BCUT2D eigenvalue weighted by molar-refractivity contribution is 0.0408. The van der Waals surface area contributed by atoms with Gasteiger partial charge in [-0.25, -0.2) is 4.79 Å². The average Bonchev–Trinajstić information content (AvgIpc) is 2.76. The average molecular weight is 501 g/mol. The minimum atomic E-state index is -1.20. The molecule has 0 aliphatic heterocycles. The summed E-state index contributed by atoms with van der Waals surface area (Å²) in [5.74, 6) is 0.265. The fraction of sp³-hybridized carbons (Fsp3) is 0.567. The molecule has 0 aliphatic carbocycles. The first-order valence-corrected chi connectivity index (χ1v) is 13.0. The topological polar surface area (TPSA) is 107 Å². The van der Waals surface area contributed by atoms with Gasteiger partial charge in [-0.2, -0.15) is 0 Å². The molecule has 0 heterocycles. The summed E-state index contributed by atoms with van der Waals surface area (Å²) in [6.07, 6.45) is 4.70. The Labute approximate surface area is 216 Å². The molecule has 0 aromatic heterocycles. The van der Waals surface area contributed by atoms with E-state index in [1.54, 1.807) is 32.0 Å². The van der Waals surface area contributed by atoms with Gasteiger partial charge in [-0.1, -0.05) is 58.7 Å². The van der Waals surface area contributed by atoms with Crippen LogP contribution in [0, 0.1) is 11.8 Å². The monoisotopic (exact) mass is 500 g/mol. The largest absolute Gasteiger partial charge is 0.508 e. The molecule has 0 bridgehead atoms. The predicted octanol–water partition coefficient (Wildman–Crippen LogP) is 6.52. The van der Waals surface area contributed by atoms with Gasteiger partial charge >= 0.3 is 5.97 Å². The van der Waals surface area contributed by atoms with Crippen molar-refractivity contribution in [2.45, 2.75) is 97.9 Å². The first kappa shape index (κ1) is 29.7. The van der Waals surface area contributed by atoms with Gasteiger partial charge in [0, 0.05) is 11.1 Å². The molecule has 2 rings (SSSR count). The first-order valence-electron chi connectivity index (χ1n) is 13.0. The molecule has 0 spiro atoms. The van der Waals surface area contributed by atoms with E-state index in [2.05, 4.69) is 27.7 Å². The number of aliphatic hydroxyl groups is 2. The maximum absolute atomic E-state index is 12.6. The molecule has 0 amide bonds. The van der Waals surface area contributed by atoms with Crippen LogP contribution in [-0.4, -0.2) is 26.4 Å². The van der Waals surface area contributed by atoms with Crippen LogP contribution in [-0.2, 0) is 22.5 Å². The van der Waals surface area contributed by atoms with E-state index >= 15 is 0 Å². The summed E-state index contributed by atoms with van der Waals surface area (Å²) < 4.78 is 5.37. The number of hydrogen-bond acceptors (Lipinski definition) is 6. The molecular weight excluding hydrogens is 456 g/mol. The smallest absolute Gasteiger partial charge is 0.338 e. The summed E-state index contributed by atoms with van der Waals surface area (Å²) in [4.78, 5) is 12.6. The maximum atomic E-state index is 12.6. The summed E-state index contributed by atoms with van der Waals surface area (Å²) in [5.41, 5.74) is -0.772. The van der Waals surface area contributed by atoms with Crippen molar-refractivity contribution in [2.24, 2.45) is 11.8 Å². The third-order valence-corrected chi connectivity index (χ3v) is 6.72. The van der Waals surface area contributed by atoms with Gasteiger partial charge in [-0.3, -0.25) is 0 Å². The lowest BCUT2D eigenvalue weighted by Gasteiger charge is -2.25. The number of phenols is 2. The quantitative estimate of drug-likeness (QED) is 0.233. The molecule has 0 saturated heterocycles. The molecule has 6 heteroatoms. The molecule has 0 unspecified atom stereocenters. The zero-order valence-electron chi connectivity index (χ0n) is 22.7. The fourth-order valence-electron chi connectivity index (χ4n) is 4.45. The molecule has 0 saturated carbocycles. The van der Waals surface area contributed by atoms with Crippen LogP contribution in [0.25, 0.3) is 0 Å². The second-order valence-electron chi connectivity index (χ2n) is 11.3. The molecule has 200 valence electrons. The van der Waals surface area contributed by atoms with E-state index in [1.807, 2.05) is 0 Å². The van der Waals surface area contributed by atoms with Gasteiger partial charge in [0.25, 0.3) is 0 Å². The molecule has 0 aliphatic rings. The summed E-state index contributed by atoms with van der Waals surface area (Å²) in [5, 5.41) is 42.6. The van der Waals surface area contributed by atoms with Crippen LogP contribution in [0.3, 0.4) is 0 Å². The molecule has 2 atom stereocenters. The Bertz CT molecular complexity index is 1010. The van der Waals surface area contributed by atoms with Crippen LogP contribution in [0.15, 0.2) is 36.4 Å². The third-order valence-electron chi connectivity index (χ3n) is 6.72. The number of esters is 1. The molecule has 6 nitrogen and oxygen atoms in total. The SMILES string of the molecule is CC(C)CCC[C@](C)(O)c1ccc(COC(=O)c2ccc([C@@](C)(O)CCCC(C)C)c(O)c2)cc1O. The second-order valence-corrected chi connectivity index (χ2v) is 11.3. The van der Waals surface area contributed by atoms with Crippen LogP contribution < -0.4 is 0 Å². The lowest BCUT2D eigenvalue weighted by atomic mass is 9.88. The number of carbonyl (C=O) groups is 1. The summed E-state index contributed by atoms with van der Waals surface area (Å²) >= 11 is 0. The number of phenolic OH excluding ortho intramolecular Hbond substituents is 2. The van der Waals surface area contributed by atoms with Crippen LogP contribution in [0.1, 0.15) is 107 Å². The van der Waals surface area contributed by atoms with E-state index in [-0.39, 0.29) is 23.7 Å². The Hall–Kier alpha value is -2.57. The predicted molar refractivity (Wildman–Crippen MR) is 142 cm³/mol. The molecule has 0 radical (unpaired) electrons. The highest BCUT2D eigenvalue weighted by atomic mass is 16.5. The zero-order chi connectivity index (χ0) is 27.1. The van der Waals surface area contributed by atoms with Gasteiger partial charge < -0.3 is 25.2 Å². The Balaban J connectivity index is 2.01. The van der Waals surface area contributed by atoms with Crippen LogP contribution in [0.2, 0.25) is 0 Å². The molecular formula is C30H44O6. The number of rotatable bonds is 13. The van der Waals surface area contributed by atoms with Gasteiger partial charge in [0.2, 0.25) is 0 Å². The molecule has 2 aromatic rings. The van der Waals surface area contributed by atoms with Crippen molar-refractivity contribution in [3.63, 3.8) is 0 Å². The number of aromatic hydroxyl groups is 2. The summed E-state index contributed by atoms with van der Waals surface area (Å²) in [6.45, 7) is 11.8. The van der Waals surface area contributed by atoms with Gasteiger partial charge in [0.15, 0.2) is 0 Å². The Morgan fingerprint density at radius 1 is 0.806 bits per heavy atom. The van der Waals surface area contributed by atoms with Crippen molar-refractivity contribution in [3.05, 3.63) is 58.7 Å². The Morgan fingerprint density at radius 3 is 1.72 bits per heavy atom. The highest BCUT2D eigenvalue weighted by Gasteiger charge is 2.28. The molecule has 0 fully saturated rings. The van der Waals surface area contributed by atoms with E-state index in [0.29, 0.717) is 41.4 Å². The van der Waals surface area contributed by atoms with Crippen molar-refractivity contribution >= 4 is 5.97 Å². The van der Waals surface area contributed by atoms with Gasteiger partial charge in [0.1, 0.15) is 18.1 Å². The lowest BCUT2D eigenvalue weighted by Crippen LogP contribution is -2.21. The Kier molecular flexibility index (Phi) is 10.4. The van der Waals surface area contributed by atoms with Gasteiger partial charge in [-0.05, 0) is 75.1 Å². The highest BCUT2D eigenvalue weighted by molar-refractivity contribution is 5.90. The number of hydrogen-bond donors (Lipinski definition) is 4. The fourth-order valence-corrected chi connectivity index (χ4v) is 4.45. The molecule has 2 aromatic carbocycles. The van der Waals surface area contributed by atoms with Crippen LogP contribution in [0.5, 0.6) is 11.5 Å². The van der Waals surface area contributed by atoms with Gasteiger partial charge in [-0.15, -0.1) is 0 Å². The highest BCUT2D eigenvalue weighted by Crippen LogP contribution is 2.36. The van der Waals surface area contributed by atoms with E-state index in [0.717, 1.165) is 25.7 Å². The normalized spacial score (nSPS) is 15.1. The summed E-state index contributed by atoms with van der Waals surface area (Å²) in [6, 6.07) is 9.27. The maximum Gasteiger partial charge on any atom is 0.338 e. The van der Waals surface area contributed by atoms with Crippen molar-refractivity contribution in [1.82, 2.24) is 0 Å². The van der Waals surface area contributed by atoms with Crippen molar-refractivity contribution in [3.8, 4) is 11.5 Å². The Morgan fingerprint density at radius 2 is 1.28 bits per heavy atom. The van der Waals surface area contributed by atoms with Crippen molar-refractivity contribution in [2.75, 3.05) is 0 Å². The van der Waals surface area contributed by atoms with E-state index in [9.17, 15) is 25.2 Å². The first-order chi connectivity index (χ1) is 16.7.